The number of benzene rings is 4. The van der Waals surface area contributed by atoms with Gasteiger partial charge in [-0.15, -0.1) is 0 Å². The fourth-order valence-corrected chi connectivity index (χ4v) is 12.1. The monoisotopic (exact) mass is 554 g/mol. The molecule has 0 spiro atoms. The summed E-state index contributed by atoms with van der Waals surface area (Å²) in [4.78, 5) is 13.5. The van der Waals surface area contributed by atoms with Crippen molar-refractivity contribution in [2.75, 3.05) is 0 Å². The van der Waals surface area contributed by atoms with Crippen LogP contribution in [0.3, 0.4) is 0 Å². The van der Waals surface area contributed by atoms with E-state index in [4.69, 9.17) is 5.11 Å². The molecule has 0 unspecified atom stereocenters. The minimum absolute atomic E-state index is 0.325. The van der Waals surface area contributed by atoms with Crippen molar-refractivity contribution in [2.45, 2.75) is 13.3 Å². The van der Waals surface area contributed by atoms with Crippen molar-refractivity contribution in [1.82, 2.24) is 4.98 Å². The van der Waals surface area contributed by atoms with Gasteiger partial charge in [-0.05, 0) is 6.07 Å². The number of carboxylic acid groups (broad SMARTS) is 1. The van der Waals surface area contributed by atoms with Crippen molar-refractivity contribution in [3.63, 3.8) is 0 Å². The molecule has 34 heavy (non-hydrogen) atoms. The maximum absolute atomic E-state index is 10.7. The predicted octanol–water partition coefficient (Wildman–Crippen LogP) is 6.69. The molecule has 5 aromatic rings. The number of rotatable bonds is 7. The SMILES string of the molecule is O=C(O)c1c[nH]c2ccccc12.c1ccc([CH2][Sn]([CH2]c2ccccc2)[CH2]c2ccccc2)cc1. The molecule has 1 heterocycles. The molecule has 0 saturated carbocycles. The summed E-state index contributed by atoms with van der Waals surface area (Å²) >= 11 is -1.56. The van der Waals surface area contributed by atoms with E-state index in [-0.39, 0.29) is 0 Å². The molecule has 0 aliphatic rings. The van der Waals surface area contributed by atoms with E-state index in [1.807, 2.05) is 18.2 Å². The zero-order chi connectivity index (χ0) is 23.6. The number of para-hydroxylation sites is 1. The molecule has 1 aromatic heterocycles. The summed E-state index contributed by atoms with van der Waals surface area (Å²) < 4.78 is 3.98. The van der Waals surface area contributed by atoms with Crippen molar-refractivity contribution in [3.8, 4) is 0 Å². The number of nitrogens with one attached hydrogen (secondary N) is 1. The van der Waals surface area contributed by atoms with Crippen molar-refractivity contribution < 1.29 is 9.90 Å². The number of hydrogen-bond acceptors (Lipinski definition) is 1. The van der Waals surface area contributed by atoms with Gasteiger partial charge in [-0.2, -0.15) is 0 Å². The van der Waals surface area contributed by atoms with E-state index in [9.17, 15) is 4.79 Å². The molecule has 4 aromatic carbocycles. The second kappa shape index (κ2) is 12.2. The first kappa shape index (κ1) is 23.8. The molecule has 0 bridgehead atoms. The molecule has 0 saturated heterocycles. The Morgan fingerprint density at radius 2 is 1.03 bits per heavy atom. The third kappa shape index (κ3) is 6.84. The number of carbonyl (C=O) groups is 1. The van der Waals surface area contributed by atoms with Crippen LogP contribution in [-0.2, 0) is 13.3 Å². The molecule has 3 nitrogen and oxygen atoms in total. The molecule has 0 fully saturated rings. The van der Waals surface area contributed by atoms with E-state index in [2.05, 4.69) is 96.0 Å². The topological polar surface area (TPSA) is 53.1 Å². The standard InChI is InChI=1S/C9H7NO2.3C7H7.Sn/c11-9(12)7-5-10-8-4-2-1-3-6(7)8;3*1-7-5-3-2-4-6-7;/h1-5,10H,(H,11,12);3*2-6H,1H2;. The minimum atomic E-state index is -1.56. The molecule has 0 aliphatic heterocycles. The van der Waals surface area contributed by atoms with Crippen molar-refractivity contribution in [2.24, 2.45) is 0 Å². The number of hydrogen-bond donors (Lipinski definition) is 2. The first-order valence-corrected chi connectivity index (χ1v) is 17.5. The van der Waals surface area contributed by atoms with Crippen LogP contribution in [0.15, 0.2) is 121 Å². The number of aromatic nitrogens is 1. The van der Waals surface area contributed by atoms with Crippen LogP contribution in [0, 0.1) is 0 Å². The number of carboxylic acids is 1. The van der Waals surface area contributed by atoms with E-state index in [0.29, 0.717) is 5.56 Å². The van der Waals surface area contributed by atoms with Crippen molar-refractivity contribution in [1.29, 1.82) is 0 Å². The van der Waals surface area contributed by atoms with Crippen molar-refractivity contribution in [3.05, 3.63) is 144 Å². The molecule has 5 rings (SSSR count). The quantitative estimate of drug-likeness (QED) is 0.221. The van der Waals surface area contributed by atoms with Crippen LogP contribution in [0.25, 0.3) is 10.9 Å². The van der Waals surface area contributed by atoms with E-state index < -0.39 is 25.7 Å². The summed E-state index contributed by atoms with van der Waals surface area (Å²) in [7, 11) is 0. The Labute approximate surface area is 207 Å². The summed E-state index contributed by atoms with van der Waals surface area (Å²) in [5.74, 6) is -0.896. The van der Waals surface area contributed by atoms with Crippen LogP contribution in [0.4, 0.5) is 0 Å². The number of fused-ring (bicyclic) bond motifs is 1. The van der Waals surface area contributed by atoms with Gasteiger partial charge >= 0.3 is 147 Å². The Kier molecular flexibility index (Phi) is 8.58. The van der Waals surface area contributed by atoms with E-state index in [0.717, 1.165) is 10.9 Å². The Morgan fingerprint density at radius 1 is 0.618 bits per heavy atom. The summed E-state index contributed by atoms with van der Waals surface area (Å²) in [6, 6.07) is 40.4. The fourth-order valence-electron chi connectivity index (χ4n) is 4.09. The van der Waals surface area contributed by atoms with Gasteiger partial charge in [0.2, 0.25) is 0 Å². The summed E-state index contributed by atoms with van der Waals surface area (Å²) in [6.07, 6.45) is 1.51. The van der Waals surface area contributed by atoms with Gasteiger partial charge in [-0.25, -0.2) is 4.79 Å². The van der Waals surface area contributed by atoms with Crippen LogP contribution in [0.2, 0.25) is 0 Å². The van der Waals surface area contributed by atoms with Crippen LogP contribution in [0.1, 0.15) is 27.0 Å². The van der Waals surface area contributed by atoms with Crippen LogP contribution < -0.4 is 0 Å². The number of H-pyrrole nitrogens is 1. The average molecular weight is 553 g/mol. The third-order valence-corrected chi connectivity index (χ3v) is 13.5. The Hall–Kier alpha value is -3.31. The Bertz CT molecular complexity index is 1200. The number of aromatic carboxylic acids is 1. The first-order chi connectivity index (χ1) is 16.7. The van der Waals surface area contributed by atoms with Crippen LogP contribution >= 0.6 is 0 Å². The van der Waals surface area contributed by atoms with E-state index in [1.54, 1.807) is 6.07 Å². The second-order valence-electron chi connectivity index (χ2n) is 8.29. The summed E-state index contributed by atoms with van der Waals surface area (Å²) in [6.45, 7) is 0. The second-order valence-corrected chi connectivity index (χ2v) is 15.6. The Balaban J connectivity index is 0.000000192. The Morgan fingerprint density at radius 3 is 1.47 bits per heavy atom. The zero-order valence-electron chi connectivity index (χ0n) is 19.0. The van der Waals surface area contributed by atoms with Crippen molar-refractivity contribution >= 4 is 36.6 Å². The van der Waals surface area contributed by atoms with Gasteiger partial charge in [0.05, 0.1) is 5.56 Å². The molecule has 4 heteroatoms. The molecule has 2 N–H and O–H groups in total. The summed E-state index contributed by atoms with van der Waals surface area (Å²) in [5.41, 5.74) is 5.73. The fraction of sp³-hybridized carbons (Fsp3) is 0.100. The van der Waals surface area contributed by atoms with E-state index in [1.165, 1.54) is 36.2 Å². The zero-order valence-corrected chi connectivity index (χ0v) is 21.9. The first-order valence-electron chi connectivity index (χ1n) is 11.4. The van der Waals surface area contributed by atoms with Gasteiger partial charge in [-0.1, -0.05) is 18.2 Å². The van der Waals surface area contributed by atoms with E-state index >= 15 is 0 Å². The number of aromatic amines is 1. The third-order valence-electron chi connectivity index (χ3n) is 5.71. The average Bonchev–Trinajstić information content (AvgIpc) is 3.31. The molecular weight excluding hydrogens is 525 g/mol. The maximum atomic E-state index is 10.7. The van der Waals surface area contributed by atoms with Crippen LogP contribution in [-0.4, -0.2) is 35.8 Å². The molecule has 0 aliphatic carbocycles. The van der Waals surface area contributed by atoms with Gasteiger partial charge in [-0.3, -0.25) is 0 Å². The van der Waals surface area contributed by atoms with Gasteiger partial charge in [0.1, 0.15) is 0 Å². The molecule has 0 amide bonds. The normalized spacial score (nSPS) is 10.6. The predicted molar refractivity (Wildman–Crippen MR) is 141 cm³/mol. The molecule has 1 radical (unpaired) electrons. The summed E-state index contributed by atoms with van der Waals surface area (Å²) in [5, 5.41) is 9.51. The van der Waals surface area contributed by atoms with Gasteiger partial charge < -0.3 is 10.1 Å². The van der Waals surface area contributed by atoms with Gasteiger partial charge in [0.25, 0.3) is 0 Å². The van der Waals surface area contributed by atoms with Crippen LogP contribution in [0.5, 0.6) is 0 Å². The van der Waals surface area contributed by atoms with Gasteiger partial charge in [0, 0.05) is 17.1 Å². The molecule has 169 valence electrons. The molecule has 0 atom stereocenters. The van der Waals surface area contributed by atoms with Gasteiger partial charge in [0.15, 0.2) is 0 Å². The molecular formula is C30H28NO2Sn.